The van der Waals surface area contributed by atoms with Crippen LogP contribution in [-0.2, 0) is 29.8 Å². The predicted molar refractivity (Wildman–Crippen MR) is 113 cm³/mol. The lowest BCUT2D eigenvalue weighted by molar-refractivity contribution is -0.137. The second-order valence-corrected chi connectivity index (χ2v) is 8.69. The molecule has 0 atom stereocenters. The first-order valence-corrected chi connectivity index (χ1v) is 9.74. The summed E-state index contributed by atoms with van der Waals surface area (Å²) in [5, 5.41) is 0. The SMILES string of the molecule is CCOC(=O)C=Cc1cc(C(C)(C)C)cc(C(C)(C)C)c1OCOCCOC. The van der Waals surface area contributed by atoms with Crippen LogP contribution in [0.25, 0.3) is 6.08 Å². The molecule has 1 aromatic carbocycles. The third-order valence-electron chi connectivity index (χ3n) is 4.20. The third-order valence-corrected chi connectivity index (χ3v) is 4.20. The van der Waals surface area contributed by atoms with E-state index in [-0.39, 0.29) is 23.6 Å². The van der Waals surface area contributed by atoms with Crippen LogP contribution in [0.15, 0.2) is 18.2 Å². The van der Waals surface area contributed by atoms with Crippen LogP contribution in [0.5, 0.6) is 5.75 Å². The number of benzene rings is 1. The monoisotopic (exact) mass is 392 g/mol. The van der Waals surface area contributed by atoms with Gasteiger partial charge in [-0.15, -0.1) is 0 Å². The molecule has 0 aliphatic rings. The van der Waals surface area contributed by atoms with Gasteiger partial charge in [-0.3, -0.25) is 0 Å². The minimum Gasteiger partial charge on any atom is -0.467 e. The van der Waals surface area contributed by atoms with Crippen molar-refractivity contribution in [1.29, 1.82) is 0 Å². The maximum atomic E-state index is 11.8. The maximum Gasteiger partial charge on any atom is 0.330 e. The summed E-state index contributed by atoms with van der Waals surface area (Å²) in [6.45, 7) is 16.1. The van der Waals surface area contributed by atoms with Crippen molar-refractivity contribution < 1.29 is 23.7 Å². The predicted octanol–water partition coefficient (Wildman–Crippen LogP) is 4.86. The molecule has 0 amide bonds. The van der Waals surface area contributed by atoms with Gasteiger partial charge < -0.3 is 18.9 Å². The zero-order chi connectivity index (χ0) is 21.4. The Hall–Kier alpha value is -1.85. The zero-order valence-electron chi connectivity index (χ0n) is 18.7. The quantitative estimate of drug-likeness (QED) is 0.260. The summed E-state index contributed by atoms with van der Waals surface area (Å²) < 4.78 is 21.5. The highest BCUT2D eigenvalue weighted by Gasteiger charge is 2.25. The smallest absolute Gasteiger partial charge is 0.330 e. The number of esters is 1. The maximum absolute atomic E-state index is 11.8. The normalized spacial score (nSPS) is 12.4. The first-order valence-electron chi connectivity index (χ1n) is 9.74. The number of hydrogen-bond acceptors (Lipinski definition) is 5. The summed E-state index contributed by atoms with van der Waals surface area (Å²) in [6, 6.07) is 4.25. The van der Waals surface area contributed by atoms with Gasteiger partial charge in [0.15, 0.2) is 6.79 Å². The van der Waals surface area contributed by atoms with Gasteiger partial charge in [-0.1, -0.05) is 47.6 Å². The Balaban J connectivity index is 3.37. The Morgan fingerprint density at radius 3 is 2.25 bits per heavy atom. The summed E-state index contributed by atoms with van der Waals surface area (Å²) in [7, 11) is 1.63. The standard InChI is InChI=1S/C23H36O5/c1-9-27-20(24)11-10-17-14-18(22(2,3)4)15-19(23(5,6)7)21(17)28-16-26-13-12-25-8/h10-11,14-15H,9,12-13,16H2,1-8H3. The number of carbonyl (C=O) groups is 1. The van der Waals surface area contributed by atoms with Gasteiger partial charge in [-0.05, 0) is 35.5 Å². The van der Waals surface area contributed by atoms with Crippen molar-refractivity contribution in [2.45, 2.75) is 59.3 Å². The van der Waals surface area contributed by atoms with Crippen LogP contribution >= 0.6 is 0 Å². The van der Waals surface area contributed by atoms with Crippen LogP contribution in [0.4, 0.5) is 0 Å². The Morgan fingerprint density at radius 2 is 1.71 bits per heavy atom. The summed E-state index contributed by atoms with van der Waals surface area (Å²) >= 11 is 0. The van der Waals surface area contributed by atoms with E-state index in [1.165, 1.54) is 11.6 Å². The number of ether oxygens (including phenoxy) is 4. The molecule has 158 valence electrons. The molecule has 0 unspecified atom stereocenters. The lowest BCUT2D eigenvalue weighted by Gasteiger charge is -2.28. The molecule has 28 heavy (non-hydrogen) atoms. The Morgan fingerprint density at radius 1 is 1.04 bits per heavy atom. The molecule has 0 heterocycles. The van der Waals surface area contributed by atoms with Crippen LogP contribution in [0.3, 0.4) is 0 Å². The first kappa shape index (κ1) is 24.2. The summed E-state index contributed by atoms with van der Waals surface area (Å²) in [5.41, 5.74) is 2.89. The molecule has 1 rings (SSSR count). The van der Waals surface area contributed by atoms with Crippen LogP contribution in [-0.4, -0.2) is 39.7 Å². The van der Waals surface area contributed by atoms with Gasteiger partial charge in [0.2, 0.25) is 0 Å². The van der Waals surface area contributed by atoms with Gasteiger partial charge in [0.05, 0.1) is 19.8 Å². The van der Waals surface area contributed by atoms with E-state index in [0.717, 1.165) is 16.9 Å². The molecule has 0 aliphatic heterocycles. The molecule has 1 aromatic rings. The fourth-order valence-corrected chi connectivity index (χ4v) is 2.58. The number of methoxy groups -OCH3 is 1. The molecule has 0 saturated carbocycles. The largest absolute Gasteiger partial charge is 0.467 e. The molecule has 5 nitrogen and oxygen atoms in total. The lowest BCUT2D eigenvalue weighted by atomic mass is 9.79. The van der Waals surface area contributed by atoms with Gasteiger partial charge in [0.1, 0.15) is 5.75 Å². The van der Waals surface area contributed by atoms with Crippen molar-refractivity contribution in [2.75, 3.05) is 33.7 Å². The van der Waals surface area contributed by atoms with Gasteiger partial charge in [0, 0.05) is 24.3 Å². The fourth-order valence-electron chi connectivity index (χ4n) is 2.58. The van der Waals surface area contributed by atoms with Crippen LogP contribution < -0.4 is 4.74 Å². The topological polar surface area (TPSA) is 54.0 Å². The van der Waals surface area contributed by atoms with Crippen LogP contribution in [0.2, 0.25) is 0 Å². The molecule has 0 fully saturated rings. The second-order valence-electron chi connectivity index (χ2n) is 8.69. The third kappa shape index (κ3) is 7.64. The van der Waals surface area contributed by atoms with Crippen molar-refractivity contribution in [2.24, 2.45) is 0 Å². The Kier molecular flexibility index (Phi) is 9.18. The number of hydrogen-bond donors (Lipinski definition) is 0. The summed E-state index contributed by atoms with van der Waals surface area (Å²) in [5.74, 6) is 0.349. The second kappa shape index (κ2) is 10.6. The van der Waals surface area contributed by atoms with Gasteiger partial charge >= 0.3 is 5.97 Å². The Bertz CT molecular complexity index is 663. The summed E-state index contributed by atoms with van der Waals surface area (Å²) in [6.07, 6.45) is 3.20. The minimum absolute atomic E-state index is 0.0417. The zero-order valence-corrected chi connectivity index (χ0v) is 18.7. The highest BCUT2D eigenvalue weighted by atomic mass is 16.7. The molecule has 0 saturated heterocycles. The molecule has 0 radical (unpaired) electrons. The van der Waals surface area contributed by atoms with Crippen molar-refractivity contribution in [3.63, 3.8) is 0 Å². The highest BCUT2D eigenvalue weighted by molar-refractivity contribution is 5.87. The average molecular weight is 393 g/mol. The molecule has 0 N–H and O–H groups in total. The van der Waals surface area contributed by atoms with E-state index in [4.69, 9.17) is 18.9 Å². The molecular formula is C23H36O5. The molecule has 0 aliphatic carbocycles. The molecule has 0 spiro atoms. The van der Waals surface area contributed by atoms with E-state index in [9.17, 15) is 4.79 Å². The van der Waals surface area contributed by atoms with Gasteiger partial charge in [0.25, 0.3) is 0 Å². The van der Waals surface area contributed by atoms with E-state index in [0.29, 0.717) is 19.8 Å². The molecule has 5 heteroatoms. The Labute approximate surface area is 170 Å². The van der Waals surface area contributed by atoms with Gasteiger partial charge in [-0.25, -0.2) is 4.79 Å². The average Bonchev–Trinajstić information content (AvgIpc) is 2.58. The fraction of sp³-hybridized carbons (Fsp3) is 0.609. The number of rotatable bonds is 9. The van der Waals surface area contributed by atoms with E-state index < -0.39 is 0 Å². The van der Waals surface area contributed by atoms with E-state index in [2.05, 4.69) is 53.7 Å². The van der Waals surface area contributed by atoms with E-state index in [1.807, 2.05) is 0 Å². The molecular weight excluding hydrogens is 356 g/mol. The van der Waals surface area contributed by atoms with Gasteiger partial charge in [-0.2, -0.15) is 0 Å². The van der Waals surface area contributed by atoms with Crippen molar-refractivity contribution in [3.8, 4) is 5.75 Å². The van der Waals surface area contributed by atoms with E-state index >= 15 is 0 Å². The van der Waals surface area contributed by atoms with E-state index in [1.54, 1.807) is 20.1 Å². The minimum atomic E-state index is -0.372. The highest BCUT2D eigenvalue weighted by Crippen LogP contribution is 2.39. The van der Waals surface area contributed by atoms with Crippen LogP contribution in [0, 0.1) is 0 Å². The number of carbonyl (C=O) groups excluding carboxylic acids is 1. The van der Waals surface area contributed by atoms with Crippen molar-refractivity contribution >= 4 is 12.0 Å². The molecule has 0 bridgehead atoms. The lowest BCUT2D eigenvalue weighted by Crippen LogP contribution is -2.19. The van der Waals surface area contributed by atoms with Crippen LogP contribution in [0.1, 0.15) is 65.2 Å². The first-order chi connectivity index (χ1) is 13.0. The van der Waals surface area contributed by atoms with Crippen molar-refractivity contribution in [3.05, 3.63) is 34.9 Å². The molecule has 0 aromatic heterocycles. The summed E-state index contributed by atoms with van der Waals surface area (Å²) in [4.78, 5) is 11.8. The van der Waals surface area contributed by atoms with Crippen molar-refractivity contribution in [1.82, 2.24) is 0 Å².